The van der Waals surface area contributed by atoms with Crippen LogP contribution < -0.4 is 14.8 Å². The quantitative estimate of drug-likeness (QED) is 0.368. The molecular formula is C28H30N2O6S. The Kier molecular flexibility index (Phi) is 7.94. The van der Waals surface area contributed by atoms with E-state index in [9.17, 15) is 18.0 Å². The molecule has 0 heterocycles. The smallest absolute Gasteiger partial charge is 0.316 e. The maximum absolute atomic E-state index is 13.0. The molecule has 4 rings (SSSR count). The van der Waals surface area contributed by atoms with Gasteiger partial charge >= 0.3 is 5.97 Å². The fourth-order valence-electron chi connectivity index (χ4n) is 4.16. The van der Waals surface area contributed by atoms with Crippen molar-refractivity contribution in [1.82, 2.24) is 4.72 Å². The minimum atomic E-state index is -3.93. The van der Waals surface area contributed by atoms with Gasteiger partial charge in [0.25, 0.3) is 5.91 Å². The minimum Gasteiger partial charge on any atom is -0.495 e. The van der Waals surface area contributed by atoms with Gasteiger partial charge in [-0.2, -0.15) is 0 Å². The van der Waals surface area contributed by atoms with Gasteiger partial charge in [-0.1, -0.05) is 42.5 Å². The monoisotopic (exact) mass is 522 g/mol. The van der Waals surface area contributed by atoms with Gasteiger partial charge in [-0.3, -0.25) is 9.59 Å². The van der Waals surface area contributed by atoms with Crippen molar-refractivity contribution < 1.29 is 27.5 Å². The number of ether oxygens (including phenoxy) is 2. The second-order valence-corrected chi connectivity index (χ2v) is 10.6. The van der Waals surface area contributed by atoms with Crippen LogP contribution in [0.1, 0.15) is 41.3 Å². The van der Waals surface area contributed by atoms with E-state index < -0.39 is 21.3 Å². The lowest BCUT2D eigenvalue weighted by molar-refractivity contribution is -0.146. The molecule has 2 N–H and O–H groups in total. The summed E-state index contributed by atoms with van der Waals surface area (Å²) >= 11 is 0. The summed E-state index contributed by atoms with van der Waals surface area (Å²) in [4.78, 5) is 25.1. The first kappa shape index (κ1) is 26.4. The lowest BCUT2D eigenvalue weighted by Gasteiger charge is -2.15. The Labute approximate surface area is 217 Å². The Hall–Kier alpha value is -3.69. The van der Waals surface area contributed by atoms with Crippen molar-refractivity contribution in [1.29, 1.82) is 0 Å². The van der Waals surface area contributed by atoms with E-state index in [0.29, 0.717) is 18.7 Å². The fourth-order valence-corrected chi connectivity index (χ4v) is 5.39. The van der Waals surface area contributed by atoms with E-state index in [1.165, 1.54) is 25.3 Å². The number of nitrogens with one attached hydrogen (secondary N) is 2. The number of benzene rings is 3. The zero-order valence-electron chi connectivity index (χ0n) is 20.8. The van der Waals surface area contributed by atoms with Gasteiger partial charge in [-0.05, 0) is 67.6 Å². The number of rotatable bonds is 11. The summed E-state index contributed by atoms with van der Waals surface area (Å²) in [7, 11) is -2.55. The van der Waals surface area contributed by atoms with Gasteiger partial charge in [0.15, 0.2) is 0 Å². The molecule has 0 atom stereocenters. The van der Waals surface area contributed by atoms with Crippen molar-refractivity contribution >= 4 is 27.6 Å². The molecule has 8 nitrogen and oxygen atoms in total. The first-order valence-corrected chi connectivity index (χ1v) is 13.6. The van der Waals surface area contributed by atoms with Crippen molar-refractivity contribution in [2.75, 3.05) is 25.6 Å². The van der Waals surface area contributed by atoms with Gasteiger partial charge < -0.3 is 14.8 Å². The summed E-state index contributed by atoms with van der Waals surface area (Å²) in [6, 6.07) is 20.9. The highest BCUT2D eigenvalue weighted by Gasteiger charge is 2.52. The molecule has 3 aromatic rings. The molecule has 37 heavy (non-hydrogen) atoms. The molecule has 194 valence electrons. The molecular weight excluding hydrogens is 492 g/mol. The maximum atomic E-state index is 13.0. The number of amides is 1. The molecule has 1 amide bonds. The van der Waals surface area contributed by atoms with Crippen LogP contribution in [0.15, 0.2) is 77.7 Å². The highest BCUT2D eigenvalue weighted by Crippen LogP contribution is 2.49. The molecule has 0 bridgehead atoms. The van der Waals surface area contributed by atoms with Gasteiger partial charge in [-0.15, -0.1) is 0 Å². The number of methoxy groups -OCH3 is 1. The molecule has 1 aliphatic rings. The summed E-state index contributed by atoms with van der Waals surface area (Å²) in [5, 5.41) is 2.78. The molecule has 0 aromatic heterocycles. The topological polar surface area (TPSA) is 111 Å². The van der Waals surface area contributed by atoms with Crippen molar-refractivity contribution in [3.8, 4) is 5.75 Å². The zero-order chi connectivity index (χ0) is 26.5. The van der Waals surface area contributed by atoms with Crippen LogP contribution >= 0.6 is 0 Å². The molecule has 1 fully saturated rings. The first-order chi connectivity index (χ1) is 17.8. The maximum Gasteiger partial charge on any atom is 0.316 e. The molecule has 3 aromatic carbocycles. The molecule has 0 saturated heterocycles. The molecule has 0 unspecified atom stereocenters. The number of carbonyl (C=O) groups excluding carboxylic acids is 2. The number of hydrogen-bond donors (Lipinski definition) is 2. The zero-order valence-corrected chi connectivity index (χ0v) is 21.6. The van der Waals surface area contributed by atoms with Gasteiger partial charge in [0, 0.05) is 17.8 Å². The van der Waals surface area contributed by atoms with Crippen LogP contribution in [0.4, 0.5) is 5.69 Å². The number of hydrogen-bond acceptors (Lipinski definition) is 6. The fraction of sp³-hybridized carbons (Fsp3) is 0.286. The summed E-state index contributed by atoms with van der Waals surface area (Å²) in [5.41, 5.74) is 1.95. The largest absolute Gasteiger partial charge is 0.495 e. The van der Waals surface area contributed by atoms with E-state index >= 15 is 0 Å². The number of carbonyl (C=O) groups is 2. The Bertz CT molecular complexity index is 1370. The lowest BCUT2D eigenvalue weighted by atomic mass is 9.96. The Morgan fingerprint density at radius 2 is 1.68 bits per heavy atom. The minimum absolute atomic E-state index is 0.115. The van der Waals surface area contributed by atoms with Crippen molar-refractivity contribution in [2.24, 2.45) is 0 Å². The summed E-state index contributed by atoms with van der Waals surface area (Å²) in [6.45, 7) is 2.31. The lowest BCUT2D eigenvalue weighted by Crippen LogP contribution is -2.27. The predicted molar refractivity (Wildman–Crippen MR) is 140 cm³/mol. The van der Waals surface area contributed by atoms with Gasteiger partial charge in [-0.25, -0.2) is 13.1 Å². The van der Waals surface area contributed by atoms with E-state index in [4.69, 9.17) is 9.47 Å². The summed E-state index contributed by atoms with van der Waals surface area (Å²) in [5.74, 6) is -0.555. The van der Waals surface area contributed by atoms with Crippen LogP contribution in [0, 0.1) is 0 Å². The van der Waals surface area contributed by atoms with E-state index in [1.54, 1.807) is 31.2 Å². The second kappa shape index (κ2) is 11.1. The van der Waals surface area contributed by atoms with E-state index in [0.717, 1.165) is 24.0 Å². The van der Waals surface area contributed by atoms with Crippen molar-refractivity contribution in [3.05, 3.63) is 89.5 Å². The van der Waals surface area contributed by atoms with Crippen molar-refractivity contribution in [2.45, 2.75) is 36.5 Å². The SMILES string of the molecule is CCOC(=O)C1(c2ccc(NC(=O)c3ccc(OC)c(S(=O)(=O)NCCc4ccccc4)c3)cc2)CC1. The van der Waals surface area contributed by atoms with Crippen LogP contribution in [0.2, 0.25) is 0 Å². The standard InChI is InChI=1S/C28H30N2O6S/c1-3-36-27(32)28(16-17-28)22-10-12-23(13-11-22)30-26(31)21-9-14-24(35-2)25(19-21)37(33,34)29-18-15-20-7-5-4-6-8-20/h4-14,19,29H,3,15-18H2,1-2H3,(H,30,31). The highest BCUT2D eigenvalue weighted by molar-refractivity contribution is 7.89. The first-order valence-electron chi connectivity index (χ1n) is 12.1. The number of esters is 1. The van der Waals surface area contributed by atoms with E-state index in [-0.39, 0.29) is 28.7 Å². The normalized spacial score (nSPS) is 14.0. The molecule has 1 saturated carbocycles. The van der Waals surface area contributed by atoms with Crippen LogP contribution in [-0.4, -0.2) is 40.6 Å². The van der Waals surface area contributed by atoms with Crippen LogP contribution in [0.5, 0.6) is 5.75 Å². The Morgan fingerprint density at radius 3 is 2.30 bits per heavy atom. The third-order valence-electron chi connectivity index (χ3n) is 6.38. The van der Waals surface area contributed by atoms with Crippen LogP contribution in [0.25, 0.3) is 0 Å². The molecule has 0 aliphatic heterocycles. The summed E-state index contributed by atoms with van der Waals surface area (Å²) in [6.07, 6.45) is 2.00. The van der Waals surface area contributed by atoms with Crippen LogP contribution in [0.3, 0.4) is 0 Å². The summed E-state index contributed by atoms with van der Waals surface area (Å²) < 4.78 is 39.1. The second-order valence-electron chi connectivity index (χ2n) is 8.83. The van der Waals surface area contributed by atoms with Gasteiger partial charge in [0.2, 0.25) is 10.0 Å². The Balaban J connectivity index is 1.46. The molecule has 0 radical (unpaired) electrons. The van der Waals surface area contributed by atoms with E-state index in [1.807, 2.05) is 30.3 Å². The third-order valence-corrected chi connectivity index (χ3v) is 7.86. The van der Waals surface area contributed by atoms with Crippen LogP contribution in [-0.2, 0) is 31.4 Å². The number of anilines is 1. The highest BCUT2D eigenvalue weighted by atomic mass is 32.2. The molecule has 9 heteroatoms. The van der Waals surface area contributed by atoms with Crippen molar-refractivity contribution in [3.63, 3.8) is 0 Å². The average molecular weight is 523 g/mol. The third kappa shape index (κ3) is 6.00. The molecule has 0 spiro atoms. The van der Waals surface area contributed by atoms with E-state index in [2.05, 4.69) is 10.0 Å². The average Bonchev–Trinajstić information content (AvgIpc) is 3.72. The predicted octanol–water partition coefficient (Wildman–Crippen LogP) is 4.06. The number of sulfonamides is 1. The van der Waals surface area contributed by atoms with Gasteiger partial charge in [0.1, 0.15) is 10.6 Å². The Morgan fingerprint density at radius 1 is 0.973 bits per heavy atom. The molecule has 1 aliphatic carbocycles. The van der Waals surface area contributed by atoms with Gasteiger partial charge in [0.05, 0.1) is 19.1 Å².